The average molecular weight is 422 g/mol. The van der Waals surface area contributed by atoms with E-state index < -0.39 is 5.79 Å². The summed E-state index contributed by atoms with van der Waals surface area (Å²) in [7, 11) is 0. The highest BCUT2D eigenvalue weighted by molar-refractivity contribution is 6.38. The van der Waals surface area contributed by atoms with Gasteiger partial charge in [0.25, 0.3) is 11.7 Å². The molecular formula is C21H21Cl2NO4. The lowest BCUT2D eigenvalue weighted by atomic mass is 10.1. The molecule has 0 atom stereocenters. The van der Waals surface area contributed by atoms with Crippen molar-refractivity contribution in [1.82, 2.24) is 0 Å². The van der Waals surface area contributed by atoms with Crippen molar-refractivity contribution in [3.63, 3.8) is 0 Å². The van der Waals surface area contributed by atoms with Crippen molar-refractivity contribution in [2.75, 3.05) is 31.3 Å². The van der Waals surface area contributed by atoms with Crippen LogP contribution in [0.1, 0.15) is 24.0 Å². The van der Waals surface area contributed by atoms with E-state index in [1.165, 1.54) is 5.56 Å². The van der Waals surface area contributed by atoms with Crippen molar-refractivity contribution in [3.8, 4) is 5.75 Å². The minimum absolute atomic E-state index is 0.285. The van der Waals surface area contributed by atoms with Gasteiger partial charge in [0.15, 0.2) is 0 Å². The Balaban J connectivity index is 1.52. The minimum atomic E-state index is -1.49. The fourth-order valence-corrected chi connectivity index (χ4v) is 4.10. The van der Waals surface area contributed by atoms with E-state index >= 15 is 0 Å². The number of aryl methyl sites for hydroxylation is 1. The summed E-state index contributed by atoms with van der Waals surface area (Å²) in [6.45, 7) is 3.78. The molecule has 2 aliphatic heterocycles. The molecule has 0 saturated carbocycles. The minimum Gasteiger partial charge on any atom is -0.494 e. The number of nitrogens with zero attached hydrogens (tertiary/aromatic N) is 1. The Hall–Kier alpha value is -1.79. The number of carbonyl (C=O) groups is 1. The highest BCUT2D eigenvalue weighted by Crippen LogP contribution is 2.51. The number of hydrogen-bond acceptors (Lipinski definition) is 4. The van der Waals surface area contributed by atoms with Crippen LogP contribution >= 0.6 is 23.2 Å². The number of benzene rings is 2. The Kier molecular flexibility index (Phi) is 5.52. The fourth-order valence-electron chi connectivity index (χ4n) is 3.56. The standard InChI is InChI=1S/C21H21Cl2NO4/c1-14-4-6-15(7-5-14)26-11-2-10-24-19-17(23)9-8-16(22)18(19)21(20(24)25)27-12-3-13-28-21/h4-9H,2-3,10-13H2,1H3. The van der Waals surface area contributed by atoms with Gasteiger partial charge in [-0.05, 0) is 44.0 Å². The van der Waals surface area contributed by atoms with Gasteiger partial charge in [0, 0.05) is 6.54 Å². The summed E-state index contributed by atoms with van der Waals surface area (Å²) < 4.78 is 17.4. The molecule has 2 aromatic rings. The number of anilines is 1. The Morgan fingerprint density at radius 1 is 1.07 bits per heavy atom. The average Bonchev–Trinajstić information content (AvgIpc) is 2.94. The molecule has 2 aliphatic rings. The van der Waals surface area contributed by atoms with Gasteiger partial charge in [-0.1, -0.05) is 40.9 Å². The van der Waals surface area contributed by atoms with Crippen molar-refractivity contribution in [2.45, 2.75) is 25.6 Å². The van der Waals surface area contributed by atoms with Crippen LogP contribution in [0.4, 0.5) is 5.69 Å². The van der Waals surface area contributed by atoms with Crippen LogP contribution in [0.15, 0.2) is 36.4 Å². The predicted molar refractivity (Wildman–Crippen MR) is 108 cm³/mol. The monoisotopic (exact) mass is 421 g/mol. The molecule has 148 valence electrons. The Labute approximate surface area is 174 Å². The normalized spacial score (nSPS) is 17.8. The summed E-state index contributed by atoms with van der Waals surface area (Å²) in [6, 6.07) is 11.2. The van der Waals surface area contributed by atoms with E-state index in [0.29, 0.717) is 54.1 Å². The van der Waals surface area contributed by atoms with Crippen molar-refractivity contribution < 1.29 is 19.0 Å². The maximum atomic E-state index is 13.3. The summed E-state index contributed by atoms with van der Waals surface area (Å²) in [5, 5.41) is 0.856. The third-order valence-corrected chi connectivity index (χ3v) is 5.54. The molecule has 1 amide bonds. The summed E-state index contributed by atoms with van der Waals surface area (Å²) in [4.78, 5) is 14.9. The first-order valence-corrected chi connectivity index (χ1v) is 10.1. The van der Waals surface area contributed by atoms with Gasteiger partial charge in [0.2, 0.25) is 0 Å². The zero-order chi connectivity index (χ0) is 19.7. The number of carbonyl (C=O) groups excluding carboxylic acids is 1. The van der Waals surface area contributed by atoms with E-state index in [1.807, 2.05) is 31.2 Å². The van der Waals surface area contributed by atoms with E-state index in [9.17, 15) is 4.79 Å². The number of amides is 1. The Bertz CT molecular complexity index is 879. The third kappa shape index (κ3) is 3.37. The molecule has 0 aliphatic carbocycles. The SMILES string of the molecule is Cc1ccc(OCCCN2C(=O)C3(OCCCO3)c3c(Cl)ccc(Cl)c32)cc1. The molecule has 2 aromatic carbocycles. The van der Waals surface area contributed by atoms with Crippen LogP contribution < -0.4 is 9.64 Å². The number of hydrogen-bond donors (Lipinski definition) is 0. The highest BCUT2D eigenvalue weighted by atomic mass is 35.5. The van der Waals surface area contributed by atoms with E-state index in [0.717, 1.165) is 12.2 Å². The number of rotatable bonds is 5. The number of fused-ring (bicyclic) bond motifs is 2. The van der Waals surface area contributed by atoms with Gasteiger partial charge >= 0.3 is 0 Å². The second kappa shape index (κ2) is 7.91. The molecule has 4 rings (SSSR count). The van der Waals surface area contributed by atoms with Crippen LogP contribution in [0, 0.1) is 6.92 Å². The molecule has 0 aromatic heterocycles. The van der Waals surface area contributed by atoms with Gasteiger partial charge in [-0.2, -0.15) is 0 Å². The maximum Gasteiger partial charge on any atom is 0.292 e. The molecule has 0 radical (unpaired) electrons. The van der Waals surface area contributed by atoms with Crippen LogP contribution in [0.5, 0.6) is 5.75 Å². The van der Waals surface area contributed by atoms with Gasteiger partial charge in [0.1, 0.15) is 5.75 Å². The van der Waals surface area contributed by atoms with Gasteiger partial charge < -0.3 is 19.1 Å². The van der Waals surface area contributed by atoms with Gasteiger partial charge in [-0.25, -0.2) is 0 Å². The first-order chi connectivity index (χ1) is 13.5. The van der Waals surface area contributed by atoms with E-state index in [4.69, 9.17) is 37.4 Å². The van der Waals surface area contributed by atoms with Crippen molar-refractivity contribution in [3.05, 3.63) is 57.6 Å². The van der Waals surface area contributed by atoms with Crippen LogP contribution in [0.25, 0.3) is 0 Å². The number of halogens is 2. The smallest absolute Gasteiger partial charge is 0.292 e. The first-order valence-electron chi connectivity index (χ1n) is 9.31. The van der Waals surface area contributed by atoms with Crippen LogP contribution in [-0.2, 0) is 20.1 Å². The lowest BCUT2D eigenvalue weighted by Gasteiger charge is -2.32. The third-order valence-electron chi connectivity index (χ3n) is 4.92. The molecule has 28 heavy (non-hydrogen) atoms. The van der Waals surface area contributed by atoms with Crippen molar-refractivity contribution in [1.29, 1.82) is 0 Å². The predicted octanol–water partition coefficient (Wildman–Crippen LogP) is 4.71. The summed E-state index contributed by atoms with van der Waals surface area (Å²) in [5.74, 6) is -0.976. The van der Waals surface area contributed by atoms with Gasteiger partial charge in [-0.3, -0.25) is 4.79 Å². The zero-order valence-corrected chi connectivity index (χ0v) is 17.1. The van der Waals surface area contributed by atoms with Crippen LogP contribution in [-0.4, -0.2) is 32.3 Å². The topological polar surface area (TPSA) is 48.0 Å². The quantitative estimate of drug-likeness (QED) is 0.655. The second-order valence-electron chi connectivity index (χ2n) is 6.89. The summed E-state index contributed by atoms with van der Waals surface area (Å²) >= 11 is 12.9. The van der Waals surface area contributed by atoms with Crippen LogP contribution in [0.2, 0.25) is 10.0 Å². The molecule has 0 N–H and O–H groups in total. The Morgan fingerprint density at radius 3 is 2.46 bits per heavy atom. The molecule has 1 fully saturated rings. The lowest BCUT2D eigenvalue weighted by molar-refractivity contribution is -0.256. The van der Waals surface area contributed by atoms with E-state index in [1.54, 1.807) is 17.0 Å². The van der Waals surface area contributed by atoms with Gasteiger partial charge in [0.05, 0.1) is 41.1 Å². The molecule has 7 heteroatoms. The largest absolute Gasteiger partial charge is 0.494 e. The highest BCUT2D eigenvalue weighted by Gasteiger charge is 2.56. The van der Waals surface area contributed by atoms with Crippen molar-refractivity contribution >= 4 is 34.8 Å². The number of ether oxygens (including phenoxy) is 3. The summed E-state index contributed by atoms with van der Waals surface area (Å²) in [5.41, 5.74) is 2.25. The molecule has 0 bridgehead atoms. The fraction of sp³-hybridized carbons (Fsp3) is 0.381. The Morgan fingerprint density at radius 2 is 1.75 bits per heavy atom. The van der Waals surface area contributed by atoms with Crippen molar-refractivity contribution in [2.24, 2.45) is 0 Å². The van der Waals surface area contributed by atoms with E-state index in [-0.39, 0.29) is 5.91 Å². The molecule has 0 unspecified atom stereocenters. The molecule has 5 nitrogen and oxygen atoms in total. The second-order valence-corrected chi connectivity index (χ2v) is 7.71. The molecule has 1 spiro atoms. The first kappa shape index (κ1) is 19.5. The van der Waals surface area contributed by atoms with Crippen LogP contribution in [0.3, 0.4) is 0 Å². The zero-order valence-electron chi connectivity index (χ0n) is 15.5. The lowest BCUT2D eigenvalue weighted by Crippen LogP contribution is -2.47. The van der Waals surface area contributed by atoms with E-state index in [2.05, 4.69) is 0 Å². The molecule has 2 heterocycles. The maximum absolute atomic E-state index is 13.3. The summed E-state index contributed by atoms with van der Waals surface area (Å²) in [6.07, 6.45) is 1.35. The van der Waals surface area contributed by atoms with Gasteiger partial charge in [-0.15, -0.1) is 0 Å². The molecule has 1 saturated heterocycles. The molecular weight excluding hydrogens is 401 g/mol.